The Morgan fingerprint density at radius 3 is 2.64 bits per heavy atom. The number of sulfonamides is 1. The van der Waals surface area contributed by atoms with Crippen molar-refractivity contribution in [2.45, 2.75) is 39.2 Å². The van der Waals surface area contributed by atoms with Crippen molar-refractivity contribution in [1.82, 2.24) is 19.9 Å². The molecular weight excluding hydrogens is 457 g/mol. The van der Waals surface area contributed by atoms with E-state index in [2.05, 4.69) is 41.4 Å². The van der Waals surface area contributed by atoms with Crippen molar-refractivity contribution in [2.75, 3.05) is 32.4 Å². The second kappa shape index (κ2) is 9.17. The second-order valence-electron chi connectivity index (χ2n) is 6.79. The standard InChI is InChI=1S/C15H27N5O3S.HI/c1-15(2,3)12-10-18-13(23-12)11-19-14(16-4)17-6-8-20-7-5-9-24(20,21)22;/h10H,5-9,11H2,1-4H3,(H2,16,17,19);1H. The van der Waals surface area contributed by atoms with Crippen LogP contribution in [0, 0.1) is 0 Å². The van der Waals surface area contributed by atoms with E-state index in [0.29, 0.717) is 44.5 Å². The van der Waals surface area contributed by atoms with Crippen LogP contribution >= 0.6 is 24.0 Å². The SMILES string of the molecule is CN=C(NCCN1CCCS1(=O)=O)NCc1ncc(C(C)(C)C)o1.I. The van der Waals surface area contributed by atoms with E-state index in [0.717, 1.165) is 5.76 Å². The first-order chi connectivity index (χ1) is 11.2. The lowest BCUT2D eigenvalue weighted by molar-refractivity contribution is 0.379. The van der Waals surface area contributed by atoms with Crippen molar-refractivity contribution < 1.29 is 12.8 Å². The van der Waals surface area contributed by atoms with Crippen LogP contribution in [0.2, 0.25) is 0 Å². The molecule has 0 saturated carbocycles. The molecule has 8 nitrogen and oxygen atoms in total. The summed E-state index contributed by atoms with van der Waals surface area (Å²) < 4.78 is 30.7. The van der Waals surface area contributed by atoms with E-state index in [9.17, 15) is 8.42 Å². The van der Waals surface area contributed by atoms with Crippen molar-refractivity contribution in [3.05, 3.63) is 17.8 Å². The number of aliphatic imine (C=N–C) groups is 1. The molecule has 0 spiro atoms. The Kier molecular flexibility index (Phi) is 8.13. The molecule has 144 valence electrons. The molecule has 10 heteroatoms. The fourth-order valence-electron chi connectivity index (χ4n) is 2.36. The minimum atomic E-state index is -3.05. The average Bonchev–Trinajstić information content (AvgIpc) is 3.09. The molecule has 2 rings (SSSR count). The first-order valence-corrected chi connectivity index (χ1v) is 9.71. The van der Waals surface area contributed by atoms with Gasteiger partial charge in [0, 0.05) is 32.1 Å². The maximum Gasteiger partial charge on any atom is 0.214 e. The Balaban J connectivity index is 0.00000312. The van der Waals surface area contributed by atoms with Gasteiger partial charge in [0.2, 0.25) is 15.9 Å². The van der Waals surface area contributed by atoms with Gasteiger partial charge in [-0.25, -0.2) is 17.7 Å². The van der Waals surface area contributed by atoms with Crippen LogP contribution in [0.5, 0.6) is 0 Å². The van der Waals surface area contributed by atoms with Crippen molar-refractivity contribution in [3.8, 4) is 0 Å². The van der Waals surface area contributed by atoms with E-state index in [4.69, 9.17) is 4.42 Å². The van der Waals surface area contributed by atoms with Crippen LogP contribution in [0.3, 0.4) is 0 Å². The summed E-state index contributed by atoms with van der Waals surface area (Å²) in [7, 11) is -1.39. The first kappa shape index (κ1) is 22.2. The van der Waals surface area contributed by atoms with Gasteiger partial charge in [0.15, 0.2) is 5.96 Å². The van der Waals surface area contributed by atoms with Gasteiger partial charge in [0.25, 0.3) is 0 Å². The Morgan fingerprint density at radius 2 is 2.12 bits per heavy atom. The molecule has 1 saturated heterocycles. The van der Waals surface area contributed by atoms with Crippen LogP contribution in [-0.2, 0) is 22.0 Å². The maximum atomic E-state index is 11.7. The van der Waals surface area contributed by atoms with Crippen molar-refractivity contribution in [2.24, 2.45) is 4.99 Å². The number of nitrogens with zero attached hydrogens (tertiary/aromatic N) is 3. The van der Waals surface area contributed by atoms with Crippen molar-refractivity contribution in [1.29, 1.82) is 0 Å². The number of halogens is 1. The lowest BCUT2D eigenvalue weighted by Gasteiger charge is -2.16. The molecule has 1 aliphatic rings. The highest BCUT2D eigenvalue weighted by atomic mass is 127. The monoisotopic (exact) mass is 485 g/mol. The van der Waals surface area contributed by atoms with Crippen LogP contribution in [0.15, 0.2) is 15.6 Å². The summed E-state index contributed by atoms with van der Waals surface area (Å²) in [5.74, 6) is 2.26. The van der Waals surface area contributed by atoms with Gasteiger partial charge in [-0.2, -0.15) is 0 Å². The molecule has 0 amide bonds. The molecule has 0 radical (unpaired) electrons. The normalized spacial score (nSPS) is 18.0. The second-order valence-corrected chi connectivity index (χ2v) is 8.88. The Hall–Kier alpha value is -0.880. The van der Waals surface area contributed by atoms with Crippen LogP contribution in [0.4, 0.5) is 0 Å². The number of aromatic nitrogens is 1. The summed E-state index contributed by atoms with van der Waals surface area (Å²) in [6.45, 7) is 8.15. The molecule has 25 heavy (non-hydrogen) atoms. The number of nitrogens with one attached hydrogen (secondary N) is 2. The lowest BCUT2D eigenvalue weighted by atomic mass is 9.94. The third-order valence-corrected chi connectivity index (χ3v) is 5.74. The topological polar surface area (TPSA) is 99.8 Å². The summed E-state index contributed by atoms with van der Waals surface area (Å²) in [5, 5.41) is 6.22. The van der Waals surface area contributed by atoms with Crippen molar-refractivity contribution >= 4 is 40.0 Å². The van der Waals surface area contributed by atoms with Crippen LogP contribution in [0.25, 0.3) is 0 Å². The highest BCUT2D eigenvalue weighted by molar-refractivity contribution is 14.0. The van der Waals surface area contributed by atoms with Crippen LogP contribution < -0.4 is 10.6 Å². The first-order valence-electron chi connectivity index (χ1n) is 8.10. The van der Waals surface area contributed by atoms with E-state index >= 15 is 0 Å². The quantitative estimate of drug-likeness (QED) is 0.371. The molecule has 1 fully saturated rings. The van der Waals surface area contributed by atoms with Crippen LogP contribution in [-0.4, -0.2) is 56.1 Å². The van der Waals surface area contributed by atoms with Gasteiger partial charge < -0.3 is 15.1 Å². The third-order valence-electron chi connectivity index (χ3n) is 3.78. The van der Waals surface area contributed by atoms with Gasteiger partial charge in [0.05, 0.1) is 18.5 Å². The van der Waals surface area contributed by atoms with E-state index in [-0.39, 0.29) is 35.1 Å². The fourth-order valence-corrected chi connectivity index (χ4v) is 3.89. The highest BCUT2D eigenvalue weighted by Gasteiger charge is 2.27. The molecule has 0 atom stereocenters. The van der Waals surface area contributed by atoms with Gasteiger partial charge in [0.1, 0.15) is 5.76 Å². The largest absolute Gasteiger partial charge is 0.443 e. The summed E-state index contributed by atoms with van der Waals surface area (Å²) in [6.07, 6.45) is 2.45. The smallest absolute Gasteiger partial charge is 0.214 e. The Morgan fingerprint density at radius 1 is 1.40 bits per heavy atom. The minimum Gasteiger partial charge on any atom is -0.443 e. The molecule has 1 aromatic heterocycles. The molecular formula is C15H28IN5O3S. The lowest BCUT2D eigenvalue weighted by Crippen LogP contribution is -2.41. The number of hydrogen-bond acceptors (Lipinski definition) is 5. The number of guanidine groups is 1. The van der Waals surface area contributed by atoms with E-state index in [1.807, 2.05) is 0 Å². The number of oxazole rings is 1. The van der Waals surface area contributed by atoms with Gasteiger partial charge in [-0.3, -0.25) is 4.99 Å². The molecule has 0 aromatic carbocycles. The third kappa shape index (κ3) is 6.41. The van der Waals surface area contributed by atoms with E-state index in [1.54, 1.807) is 13.2 Å². The molecule has 0 aliphatic carbocycles. The summed E-state index contributed by atoms with van der Waals surface area (Å²) in [5.41, 5.74) is -0.0770. The van der Waals surface area contributed by atoms with Gasteiger partial charge in [-0.1, -0.05) is 20.8 Å². The molecule has 0 unspecified atom stereocenters. The predicted octanol–water partition coefficient (Wildman–Crippen LogP) is 1.29. The van der Waals surface area contributed by atoms with Crippen molar-refractivity contribution in [3.63, 3.8) is 0 Å². The summed E-state index contributed by atoms with van der Waals surface area (Å²) >= 11 is 0. The minimum absolute atomic E-state index is 0. The van der Waals surface area contributed by atoms with E-state index < -0.39 is 10.0 Å². The zero-order valence-corrected chi connectivity index (χ0v) is 18.3. The predicted molar refractivity (Wildman–Crippen MR) is 109 cm³/mol. The van der Waals surface area contributed by atoms with Gasteiger partial charge in [-0.15, -0.1) is 24.0 Å². The summed E-state index contributed by atoms with van der Waals surface area (Å²) in [4.78, 5) is 8.37. The molecule has 1 aliphatic heterocycles. The summed E-state index contributed by atoms with van der Waals surface area (Å²) in [6, 6.07) is 0. The van der Waals surface area contributed by atoms with Crippen LogP contribution in [0.1, 0.15) is 38.8 Å². The zero-order valence-electron chi connectivity index (χ0n) is 15.2. The zero-order chi connectivity index (χ0) is 17.8. The molecule has 2 N–H and O–H groups in total. The average molecular weight is 485 g/mol. The molecule has 2 heterocycles. The van der Waals surface area contributed by atoms with Gasteiger partial charge in [-0.05, 0) is 6.42 Å². The van der Waals surface area contributed by atoms with Gasteiger partial charge >= 0.3 is 0 Å². The molecule has 0 bridgehead atoms. The Bertz CT molecular complexity index is 682. The highest BCUT2D eigenvalue weighted by Crippen LogP contribution is 2.22. The van der Waals surface area contributed by atoms with E-state index in [1.165, 1.54) is 4.31 Å². The number of hydrogen-bond donors (Lipinski definition) is 2. The maximum absolute atomic E-state index is 11.7. The fraction of sp³-hybridized carbons (Fsp3) is 0.733. The Labute approximate surface area is 166 Å². The molecule has 1 aromatic rings. The number of rotatable bonds is 5.